The van der Waals surface area contributed by atoms with Gasteiger partial charge in [0, 0.05) is 12.5 Å². The van der Waals surface area contributed by atoms with E-state index in [-0.39, 0.29) is 41.2 Å². The Morgan fingerprint density at radius 1 is 1.37 bits per heavy atom. The first kappa shape index (κ1) is 18.7. The van der Waals surface area contributed by atoms with Gasteiger partial charge in [0.15, 0.2) is 5.02 Å². The van der Waals surface area contributed by atoms with Crippen molar-refractivity contribution in [3.05, 3.63) is 21.3 Å². The summed E-state index contributed by atoms with van der Waals surface area (Å²) in [4.78, 5) is 22.8. The lowest BCUT2D eigenvalue weighted by Gasteiger charge is -2.59. The summed E-state index contributed by atoms with van der Waals surface area (Å²) < 4.78 is 1.38. The lowest BCUT2D eigenvalue weighted by molar-refractivity contribution is -0.389. The fourth-order valence-corrected chi connectivity index (χ4v) is 6.62. The van der Waals surface area contributed by atoms with E-state index in [1.807, 2.05) is 0 Å². The standard InChI is InChI=1S/C19H27ClN4O3/c1-2-16(19-8-12-5-13(9-19)7-14(6-12)10-19)21-17(25)3-4-23-11-15(20)18(22-23)24(26)27/h11-14,16H,2-10H2,1H3,(H,21,25)/t12?,13?,14?,16-,19?/m1/s1. The van der Waals surface area contributed by atoms with Crippen molar-refractivity contribution >= 4 is 23.3 Å². The van der Waals surface area contributed by atoms with E-state index in [0.29, 0.717) is 0 Å². The smallest absolute Gasteiger partial charge is 0.358 e. The van der Waals surface area contributed by atoms with Crippen LogP contribution < -0.4 is 5.32 Å². The van der Waals surface area contributed by atoms with Crippen molar-refractivity contribution in [2.24, 2.45) is 23.2 Å². The summed E-state index contributed by atoms with van der Waals surface area (Å²) in [5.41, 5.74) is 0.285. The van der Waals surface area contributed by atoms with Gasteiger partial charge >= 0.3 is 5.82 Å². The number of carbonyl (C=O) groups excluding carboxylic acids is 1. The van der Waals surface area contributed by atoms with Crippen molar-refractivity contribution in [2.45, 2.75) is 70.9 Å². The highest BCUT2D eigenvalue weighted by Crippen LogP contribution is 2.61. The lowest BCUT2D eigenvalue weighted by atomic mass is 9.47. The average molecular weight is 395 g/mol. The summed E-state index contributed by atoms with van der Waals surface area (Å²) in [6.07, 6.45) is 10.6. The summed E-state index contributed by atoms with van der Waals surface area (Å²) in [5.74, 6) is 2.20. The first-order valence-corrected chi connectivity index (χ1v) is 10.4. The number of rotatable bonds is 7. The molecule has 4 aliphatic carbocycles. The van der Waals surface area contributed by atoms with Crippen LogP contribution >= 0.6 is 11.6 Å². The lowest BCUT2D eigenvalue weighted by Crippen LogP contribution is -2.56. The van der Waals surface area contributed by atoms with Crippen LogP contribution in [0.25, 0.3) is 0 Å². The minimum atomic E-state index is -0.612. The molecule has 1 amide bonds. The van der Waals surface area contributed by atoms with E-state index < -0.39 is 4.92 Å². The summed E-state index contributed by atoms with van der Waals surface area (Å²) >= 11 is 5.81. The molecule has 1 atom stereocenters. The molecule has 0 aliphatic heterocycles. The van der Waals surface area contributed by atoms with Gasteiger partial charge in [-0.3, -0.25) is 4.79 Å². The molecule has 4 bridgehead atoms. The average Bonchev–Trinajstić information content (AvgIpc) is 2.97. The van der Waals surface area contributed by atoms with E-state index in [1.54, 1.807) is 0 Å². The molecule has 0 unspecified atom stereocenters. The summed E-state index contributed by atoms with van der Waals surface area (Å²) in [7, 11) is 0. The fraction of sp³-hybridized carbons (Fsp3) is 0.789. The van der Waals surface area contributed by atoms with Crippen molar-refractivity contribution in [3.8, 4) is 0 Å². The van der Waals surface area contributed by atoms with Crippen LogP contribution in [0.5, 0.6) is 0 Å². The molecule has 4 aliphatic rings. The van der Waals surface area contributed by atoms with Crippen LogP contribution in [-0.2, 0) is 11.3 Å². The zero-order valence-corrected chi connectivity index (χ0v) is 16.5. The molecule has 1 aromatic rings. The van der Waals surface area contributed by atoms with Crippen LogP contribution in [0.2, 0.25) is 5.02 Å². The third-order valence-corrected chi connectivity index (χ3v) is 7.27. The molecule has 0 radical (unpaired) electrons. The van der Waals surface area contributed by atoms with Gasteiger partial charge in [0.25, 0.3) is 0 Å². The molecule has 1 aromatic heterocycles. The van der Waals surface area contributed by atoms with Gasteiger partial charge < -0.3 is 15.4 Å². The molecule has 4 fully saturated rings. The van der Waals surface area contributed by atoms with Crippen LogP contribution in [-0.4, -0.2) is 26.7 Å². The molecule has 27 heavy (non-hydrogen) atoms. The van der Waals surface area contributed by atoms with E-state index in [4.69, 9.17) is 11.6 Å². The molecule has 0 saturated heterocycles. The maximum atomic E-state index is 12.6. The molecule has 7 nitrogen and oxygen atoms in total. The van der Waals surface area contributed by atoms with E-state index >= 15 is 0 Å². The van der Waals surface area contributed by atoms with Gasteiger partial charge in [-0.05, 0) is 73.0 Å². The number of amides is 1. The molecule has 1 N–H and O–H groups in total. The Morgan fingerprint density at radius 2 is 1.96 bits per heavy atom. The molecule has 148 valence electrons. The third-order valence-electron chi connectivity index (χ3n) is 7.01. The number of nitrogens with one attached hydrogen (secondary N) is 1. The van der Waals surface area contributed by atoms with Gasteiger partial charge in [-0.15, -0.1) is 0 Å². The zero-order chi connectivity index (χ0) is 19.2. The number of aryl methyl sites for hydroxylation is 1. The number of aromatic nitrogens is 2. The highest BCUT2D eigenvalue weighted by atomic mass is 35.5. The molecule has 1 heterocycles. The number of hydrogen-bond acceptors (Lipinski definition) is 4. The zero-order valence-electron chi connectivity index (χ0n) is 15.7. The predicted octanol–water partition coefficient (Wildman–Crippen LogP) is 3.95. The Labute approximate surface area is 164 Å². The third kappa shape index (κ3) is 3.58. The highest BCUT2D eigenvalue weighted by molar-refractivity contribution is 6.32. The number of halogens is 1. The minimum Gasteiger partial charge on any atom is -0.358 e. The molecule has 0 spiro atoms. The van der Waals surface area contributed by atoms with E-state index in [0.717, 1.165) is 24.2 Å². The molecule has 0 aromatic carbocycles. The van der Waals surface area contributed by atoms with Gasteiger partial charge in [0.05, 0.1) is 17.8 Å². The Balaban J connectivity index is 1.37. The number of nitrogens with zero attached hydrogens (tertiary/aromatic N) is 3. The molecular formula is C19H27ClN4O3. The van der Waals surface area contributed by atoms with Gasteiger partial charge in [-0.25, -0.2) is 0 Å². The number of carbonyl (C=O) groups is 1. The van der Waals surface area contributed by atoms with Crippen LogP contribution in [0.4, 0.5) is 5.82 Å². The Morgan fingerprint density at radius 3 is 2.44 bits per heavy atom. The predicted molar refractivity (Wildman–Crippen MR) is 101 cm³/mol. The number of nitro groups is 1. The largest absolute Gasteiger partial charge is 0.408 e. The maximum Gasteiger partial charge on any atom is 0.408 e. The topological polar surface area (TPSA) is 90.1 Å². The fourth-order valence-electron chi connectivity index (χ4n) is 6.40. The van der Waals surface area contributed by atoms with E-state index in [9.17, 15) is 14.9 Å². The second-order valence-corrected chi connectivity index (χ2v) is 9.29. The van der Waals surface area contributed by atoms with Crippen molar-refractivity contribution in [2.75, 3.05) is 0 Å². The summed E-state index contributed by atoms with van der Waals surface area (Å²) in [6, 6.07) is 0.231. The SMILES string of the molecule is CC[C@@H](NC(=O)CCn1cc(Cl)c([N+](=O)[O-])n1)C12CC3CC(CC(C3)C1)C2. The van der Waals surface area contributed by atoms with Gasteiger partial charge in [-0.2, -0.15) is 4.68 Å². The molecular weight excluding hydrogens is 368 g/mol. The van der Waals surface area contributed by atoms with Gasteiger partial charge in [-0.1, -0.05) is 18.5 Å². The Bertz CT molecular complexity index is 712. The van der Waals surface area contributed by atoms with E-state index in [2.05, 4.69) is 17.3 Å². The highest BCUT2D eigenvalue weighted by Gasteiger charge is 2.53. The quantitative estimate of drug-likeness (QED) is 0.560. The number of hydrogen-bond donors (Lipinski definition) is 1. The molecule has 5 rings (SSSR count). The molecule has 4 saturated carbocycles. The first-order valence-electron chi connectivity index (χ1n) is 10.0. The summed E-state index contributed by atoms with van der Waals surface area (Å²) in [5, 5.41) is 18.0. The second-order valence-electron chi connectivity index (χ2n) is 8.88. The maximum absolute atomic E-state index is 12.6. The van der Waals surface area contributed by atoms with E-state index in [1.165, 1.54) is 49.4 Å². The first-order chi connectivity index (χ1) is 12.9. The second kappa shape index (κ2) is 7.08. The van der Waals surface area contributed by atoms with Crippen LogP contribution in [0.15, 0.2) is 6.20 Å². The molecule has 8 heteroatoms. The van der Waals surface area contributed by atoms with Gasteiger partial charge in [0.2, 0.25) is 5.91 Å². The van der Waals surface area contributed by atoms with Crippen molar-refractivity contribution in [1.82, 2.24) is 15.1 Å². The minimum absolute atomic E-state index is 0.000380. The monoisotopic (exact) mass is 394 g/mol. The summed E-state index contributed by atoms with van der Waals surface area (Å²) in [6.45, 7) is 2.46. The Kier molecular flexibility index (Phi) is 4.91. The normalized spacial score (nSPS) is 32.4. The van der Waals surface area contributed by atoms with Crippen LogP contribution in [0.1, 0.15) is 58.3 Å². The van der Waals surface area contributed by atoms with Crippen molar-refractivity contribution in [1.29, 1.82) is 0 Å². The Hall–Kier alpha value is -1.63. The van der Waals surface area contributed by atoms with Crippen molar-refractivity contribution in [3.63, 3.8) is 0 Å². The van der Waals surface area contributed by atoms with Crippen LogP contribution in [0.3, 0.4) is 0 Å². The van der Waals surface area contributed by atoms with Crippen molar-refractivity contribution < 1.29 is 9.72 Å². The van der Waals surface area contributed by atoms with Crippen LogP contribution in [0, 0.1) is 33.3 Å². The van der Waals surface area contributed by atoms with Gasteiger partial charge in [0.1, 0.15) is 0 Å².